The Hall–Kier alpha value is -5.16. The molecule has 0 saturated carbocycles. The Kier molecular flexibility index (Phi) is 9.79. The molecule has 3 aromatic carbocycles. The highest BCUT2D eigenvalue weighted by atomic mass is 16.5. The molecule has 0 spiro atoms. The molecule has 0 unspecified atom stereocenters. The second-order valence-electron chi connectivity index (χ2n) is 10.9. The standard InChI is InChI=1S/C34H37N3O8/c1-43-31-18-24(10-13-28(31)38)20-35-27(17-23-7-4-3-5-8-23)30(40)22-36(33(41)15-12-26-9-6-16-45-26)37(34(35)42)21-25-11-14-29(39)32(19-25)44-2/h3-11,13-14,16,18-19,27,30,38-40H,12,15,17,20-22H2,1-2H3/t27-,30-/m1/s1. The quantitative estimate of drug-likeness (QED) is 0.225. The lowest BCUT2D eigenvalue weighted by Gasteiger charge is -2.36. The summed E-state index contributed by atoms with van der Waals surface area (Å²) >= 11 is 0. The lowest BCUT2D eigenvalue weighted by molar-refractivity contribution is -0.147. The number of carbonyl (C=O) groups excluding carboxylic acids is 2. The monoisotopic (exact) mass is 615 g/mol. The average Bonchev–Trinajstić information content (AvgIpc) is 3.56. The molecule has 45 heavy (non-hydrogen) atoms. The third kappa shape index (κ3) is 7.32. The summed E-state index contributed by atoms with van der Waals surface area (Å²) in [5.74, 6) is 0.635. The zero-order valence-electron chi connectivity index (χ0n) is 25.2. The number of phenols is 2. The number of nitrogens with zero attached hydrogens (tertiary/aromatic N) is 3. The van der Waals surface area contributed by atoms with E-state index in [-0.39, 0.29) is 55.0 Å². The summed E-state index contributed by atoms with van der Waals surface area (Å²) < 4.78 is 16.0. The van der Waals surface area contributed by atoms with Crippen molar-refractivity contribution in [2.75, 3.05) is 20.8 Å². The first-order valence-corrected chi connectivity index (χ1v) is 14.6. The molecule has 1 aliphatic rings. The number of aliphatic hydroxyl groups is 1. The van der Waals surface area contributed by atoms with E-state index in [0.717, 1.165) is 5.56 Å². The fourth-order valence-corrected chi connectivity index (χ4v) is 5.50. The number of aliphatic hydroxyl groups excluding tert-OH is 1. The predicted molar refractivity (Wildman–Crippen MR) is 164 cm³/mol. The smallest absolute Gasteiger partial charge is 0.339 e. The Labute approximate surface area is 261 Å². The van der Waals surface area contributed by atoms with Gasteiger partial charge in [-0.2, -0.15) is 0 Å². The van der Waals surface area contributed by atoms with Crippen LogP contribution in [0.5, 0.6) is 23.0 Å². The van der Waals surface area contributed by atoms with Gasteiger partial charge in [-0.3, -0.25) is 4.79 Å². The number of hydrazine groups is 1. The van der Waals surface area contributed by atoms with Crippen molar-refractivity contribution >= 4 is 11.9 Å². The van der Waals surface area contributed by atoms with Crippen LogP contribution in [0.15, 0.2) is 89.5 Å². The van der Waals surface area contributed by atoms with E-state index in [2.05, 4.69) is 0 Å². The number of furan rings is 1. The Morgan fingerprint density at radius 1 is 0.867 bits per heavy atom. The average molecular weight is 616 g/mol. The zero-order chi connectivity index (χ0) is 31.9. The number of urea groups is 1. The van der Waals surface area contributed by atoms with Crippen molar-refractivity contribution in [3.05, 3.63) is 108 Å². The maximum absolute atomic E-state index is 14.7. The Morgan fingerprint density at radius 3 is 2.11 bits per heavy atom. The molecule has 3 amide bonds. The predicted octanol–water partition coefficient (Wildman–Crippen LogP) is 4.49. The van der Waals surface area contributed by atoms with Crippen LogP contribution in [-0.4, -0.2) is 75.1 Å². The number of benzene rings is 3. The van der Waals surface area contributed by atoms with Crippen LogP contribution in [-0.2, 0) is 30.7 Å². The van der Waals surface area contributed by atoms with Crippen molar-refractivity contribution in [3.63, 3.8) is 0 Å². The van der Waals surface area contributed by atoms with E-state index in [0.29, 0.717) is 29.7 Å². The van der Waals surface area contributed by atoms with E-state index in [1.165, 1.54) is 42.6 Å². The van der Waals surface area contributed by atoms with Gasteiger partial charge < -0.3 is 34.1 Å². The van der Waals surface area contributed by atoms with Crippen LogP contribution in [0.1, 0.15) is 28.9 Å². The largest absolute Gasteiger partial charge is 0.504 e. The molecule has 11 heteroatoms. The van der Waals surface area contributed by atoms with Gasteiger partial charge in [-0.1, -0.05) is 42.5 Å². The Bertz CT molecular complexity index is 1590. The van der Waals surface area contributed by atoms with Gasteiger partial charge >= 0.3 is 6.03 Å². The van der Waals surface area contributed by atoms with Crippen molar-refractivity contribution < 1.29 is 38.8 Å². The van der Waals surface area contributed by atoms with Gasteiger partial charge in [0.1, 0.15) is 5.76 Å². The van der Waals surface area contributed by atoms with Crippen molar-refractivity contribution in [2.45, 2.75) is 44.5 Å². The fraction of sp³-hybridized carbons (Fsp3) is 0.294. The molecule has 1 saturated heterocycles. The highest BCUT2D eigenvalue weighted by Gasteiger charge is 2.42. The van der Waals surface area contributed by atoms with Crippen LogP contribution < -0.4 is 9.47 Å². The van der Waals surface area contributed by atoms with Gasteiger partial charge in [0.05, 0.1) is 45.7 Å². The van der Waals surface area contributed by atoms with E-state index in [4.69, 9.17) is 13.9 Å². The first-order chi connectivity index (χ1) is 21.8. The van der Waals surface area contributed by atoms with E-state index >= 15 is 0 Å². The SMILES string of the molecule is COc1cc(CN2C(=O)N(Cc3ccc(O)c(OC)c3)N(C(=O)CCc3ccco3)C[C@@H](O)[C@H]2Cc2ccccc2)ccc1O. The van der Waals surface area contributed by atoms with Gasteiger partial charge in [0.15, 0.2) is 23.0 Å². The highest BCUT2D eigenvalue weighted by molar-refractivity contribution is 5.82. The minimum Gasteiger partial charge on any atom is -0.504 e. The number of hydrogen-bond donors (Lipinski definition) is 3. The molecule has 0 aliphatic carbocycles. The van der Waals surface area contributed by atoms with Crippen LogP contribution in [0.2, 0.25) is 0 Å². The van der Waals surface area contributed by atoms with Gasteiger partial charge in [0.25, 0.3) is 0 Å². The lowest BCUT2D eigenvalue weighted by atomic mass is 9.99. The van der Waals surface area contributed by atoms with Crippen molar-refractivity contribution in [3.8, 4) is 23.0 Å². The minimum absolute atomic E-state index is 0.0395. The summed E-state index contributed by atoms with van der Waals surface area (Å²) in [6.45, 7) is -0.110. The van der Waals surface area contributed by atoms with Gasteiger partial charge in [0.2, 0.25) is 5.91 Å². The van der Waals surface area contributed by atoms with Crippen LogP contribution >= 0.6 is 0 Å². The summed E-state index contributed by atoms with van der Waals surface area (Å²) in [4.78, 5) is 30.0. The highest BCUT2D eigenvalue weighted by Crippen LogP contribution is 2.31. The number of hydrogen-bond acceptors (Lipinski definition) is 8. The second kappa shape index (κ2) is 14.1. The van der Waals surface area contributed by atoms with Crippen LogP contribution in [0, 0.1) is 0 Å². The van der Waals surface area contributed by atoms with E-state index in [1.807, 2.05) is 30.3 Å². The van der Waals surface area contributed by atoms with E-state index in [1.54, 1.807) is 41.3 Å². The van der Waals surface area contributed by atoms with Crippen molar-refractivity contribution in [2.24, 2.45) is 0 Å². The van der Waals surface area contributed by atoms with Crippen molar-refractivity contribution in [1.29, 1.82) is 0 Å². The van der Waals surface area contributed by atoms with Crippen LogP contribution in [0.3, 0.4) is 0 Å². The third-order valence-electron chi connectivity index (χ3n) is 7.88. The molecule has 3 N–H and O–H groups in total. The molecule has 1 aromatic heterocycles. The number of aromatic hydroxyl groups is 2. The van der Waals surface area contributed by atoms with E-state index < -0.39 is 18.2 Å². The molecule has 0 radical (unpaired) electrons. The van der Waals surface area contributed by atoms with Crippen LogP contribution in [0.4, 0.5) is 4.79 Å². The molecule has 4 aromatic rings. The second-order valence-corrected chi connectivity index (χ2v) is 10.9. The summed E-state index contributed by atoms with van der Waals surface area (Å²) in [5, 5.41) is 34.7. The van der Waals surface area contributed by atoms with Gasteiger partial charge in [-0.15, -0.1) is 0 Å². The number of rotatable bonds is 11. The van der Waals surface area contributed by atoms with Crippen molar-refractivity contribution in [1.82, 2.24) is 14.9 Å². The molecular formula is C34H37N3O8. The molecule has 1 aliphatic heterocycles. The fourth-order valence-electron chi connectivity index (χ4n) is 5.50. The van der Waals surface area contributed by atoms with Crippen LogP contribution in [0.25, 0.3) is 0 Å². The first kappa shape index (κ1) is 31.3. The molecule has 0 bridgehead atoms. The molecule has 11 nitrogen and oxygen atoms in total. The maximum atomic E-state index is 14.7. The lowest BCUT2D eigenvalue weighted by Crippen LogP contribution is -2.52. The Morgan fingerprint density at radius 2 is 1.51 bits per heavy atom. The molecule has 1 fully saturated rings. The number of carbonyl (C=O) groups is 2. The number of amides is 3. The van der Waals surface area contributed by atoms with E-state index in [9.17, 15) is 24.9 Å². The number of β-amino-alcohol motifs (C(OH)–C–C–N with tert-alkyl or cyclic N) is 1. The minimum atomic E-state index is -1.11. The van der Waals surface area contributed by atoms with Gasteiger partial charge in [-0.25, -0.2) is 14.8 Å². The van der Waals surface area contributed by atoms with Gasteiger partial charge in [0, 0.05) is 19.4 Å². The number of aryl methyl sites for hydroxylation is 1. The number of phenolic OH excluding ortho intramolecular Hbond substituents is 2. The Balaban J connectivity index is 1.55. The topological polar surface area (TPSA) is 136 Å². The summed E-state index contributed by atoms with van der Waals surface area (Å²) in [6.07, 6.45) is 1.12. The molecule has 2 heterocycles. The molecule has 236 valence electrons. The number of methoxy groups -OCH3 is 2. The molecule has 5 rings (SSSR count). The normalized spacial score (nSPS) is 16.9. The third-order valence-corrected chi connectivity index (χ3v) is 7.88. The van der Waals surface area contributed by atoms with Gasteiger partial charge in [-0.05, 0) is 59.5 Å². The first-order valence-electron chi connectivity index (χ1n) is 14.6. The zero-order valence-corrected chi connectivity index (χ0v) is 25.2. The molecule has 2 atom stereocenters. The maximum Gasteiger partial charge on any atom is 0.339 e. The molecular weight excluding hydrogens is 578 g/mol. The number of ether oxygens (including phenoxy) is 2. The summed E-state index contributed by atoms with van der Waals surface area (Å²) in [7, 11) is 2.87. The summed E-state index contributed by atoms with van der Waals surface area (Å²) in [5.41, 5.74) is 2.17. The summed E-state index contributed by atoms with van der Waals surface area (Å²) in [6, 6.07) is 21.4.